The van der Waals surface area contributed by atoms with Gasteiger partial charge in [-0.3, -0.25) is 4.98 Å². The Morgan fingerprint density at radius 3 is 2.58 bits per heavy atom. The highest BCUT2D eigenvalue weighted by molar-refractivity contribution is 14.1. The fourth-order valence-corrected chi connectivity index (χ4v) is 1.58. The molecule has 0 radical (unpaired) electrons. The van der Waals surface area contributed by atoms with Crippen LogP contribution in [-0.4, -0.2) is 4.98 Å². The van der Waals surface area contributed by atoms with E-state index in [9.17, 15) is 13.2 Å². The third-order valence-corrected chi connectivity index (χ3v) is 2.44. The van der Waals surface area contributed by atoms with Crippen molar-refractivity contribution in [2.45, 2.75) is 6.43 Å². The molecule has 66 valence electrons. The number of pyridine rings is 1. The molecule has 0 saturated carbocycles. The molecule has 0 amide bonds. The van der Waals surface area contributed by atoms with Gasteiger partial charge in [0.2, 0.25) is 0 Å². The molecule has 0 N–H and O–H groups in total. The molecule has 0 aromatic carbocycles. The van der Waals surface area contributed by atoms with Crippen LogP contribution in [0.5, 0.6) is 0 Å². The van der Waals surface area contributed by atoms with Gasteiger partial charge in [0.05, 0.1) is 8.59 Å². The molecule has 0 bridgehead atoms. The first-order valence-electron chi connectivity index (χ1n) is 2.81. The van der Waals surface area contributed by atoms with Crippen LogP contribution in [0, 0.1) is 9.39 Å². The predicted molar refractivity (Wildman–Crippen MR) is 46.9 cm³/mol. The van der Waals surface area contributed by atoms with E-state index in [1.54, 1.807) is 0 Å². The zero-order valence-corrected chi connectivity index (χ0v) is 8.41. The van der Waals surface area contributed by atoms with Gasteiger partial charge in [-0.25, -0.2) is 13.2 Å². The van der Waals surface area contributed by atoms with E-state index < -0.39 is 17.9 Å². The van der Waals surface area contributed by atoms with Crippen LogP contribution < -0.4 is 0 Å². The molecular weight excluding hydrogens is 305 g/mol. The maximum absolute atomic E-state index is 12.8. The van der Waals surface area contributed by atoms with E-state index in [1.807, 2.05) is 0 Å². The van der Waals surface area contributed by atoms with E-state index in [0.717, 1.165) is 6.20 Å². The Hall–Kier alpha value is -0.0400. The van der Waals surface area contributed by atoms with Crippen molar-refractivity contribution in [3.8, 4) is 0 Å². The number of aromatic nitrogens is 1. The summed E-state index contributed by atoms with van der Waals surface area (Å²) in [4.78, 5) is 3.31. The van der Waals surface area contributed by atoms with Crippen molar-refractivity contribution in [2.75, 3.05) is 0 Å². The summed E-state index contributed by atoms with van der Waals surface area (Å²) in [5.41, 5.74) is -0.572. The first-order chi connectivity index (χ1) is 5.54. The van der Waals surface area contributed by atoms with E-state index in [4.69, 9.17) is 11.6 Å². The number of halogens is 5. The lowest BCUT2D eigenvalue weighted by Crippen LogP contribution is -1.97. The summed E-state index contributed by atoms with van der Waals surface area (Å²) in [6.45, 7) is 0. The lowest BCUT2D eigenvalue weighted by atomic mass is 10.3. The van der Waals surface area contributed by atoms with Crippen LogP contribution in [0.25, 0.3) is 0 Å². The summed E-state index contributed by atoms with van der Waals surface area (Å²) in [6.07, 6.45) is -1.90. The Labute approximate surface area is 85.1 Å². The molecule has 0 atom stereocenters. The molecule has 0 saturated heterocycles. The summed E-state index contributed by atoms with van der Waals surface area (Å²) in [7, 11) is 0. The second-order valence-electron chi connectivity index (χ2n) is 1.92. The van der Waals surface area contributed by atoms with Crippen molar-refractivity contribution in [1.29, 1.82) is 0 Å². The van der Waals surface area contributed by atoms with Crippen LogP contribution >= 0.6 is 34.2 Å². The maximum Gasteiger partial charge on any atom is 0.281 e. The van der Waals surface area contributed by atoms with Crippen LogP contribution in [0.15, 0.2) is 6.20 Å². The fraction of sp³-hybridized carbons (Fsp3) is 0.167. The minimum atomic E-state index is -2.77. The number of rotatable bonds is 1. The molecule has 0 aliphatic rings. The van der Waals surface area contributed by atoms with Gasteiger partial charge in [-0.2, -0.15) is 0 Å². The highest BCUT2D eigenvalue weighted by Crippen LogP contribution is 2.27. The van der Waals surface area contributed by atoms with Gasteiger partial charge in [0, 0.05) is 6.20 Å². The van der Waals surface area contributed by atoms with Gasteiger partial charge < -0.3 is 0 Å². The van der Waals surface area contributed by atoms with Crippen molar-refractivity contribution in [2.24, 2.45) is 0 Å². The summed E-state index contributed by atoms with van der Waals surface area (Å²) in [5, 5.41) is -0.246. The fourth-order valence-electron chi connectivity index (χ4n) is 0.609. The van der Waals surface area contributed by atoms with Gasteiger partial charge in [0.15, 0.2) is 5.82 Å². The Morgan fingerprint density at radius 2 is 2.08 bits per heavy atom. The lowest BCUT2D eigenvalue weighted by Gasteiger charge is -2.03. The molecule has 1 aromatic heterocycles. The summed E-state index contributed by atoms with van der Waals surface area (Å²) >= 11 is 6.75. The second-order valence-corrected chi connectivity index (χ2v) is 3.41. The average Bonchev–Trinajstić information content (AvgIpc) is 2.00. The van der Waals surface area contributed by atoms with Crippen LogP contribution in [0.4, 0.5) is 13.2 Å². The largest absolute Gasteiger partial charge is 0.281 e. The van der Waals surface area contributed by atoms with Gasteiger partial charge in [-0.1, -0.05) is 11.6 Å². The third kappa shape index (κ3) is 1.82. The van der Waals surface area contributed by atoms with Gasteiger partial charge >= 0.3 is 0 Å². The van der Waals surface area contributed by atoms with Crippen molar-refractivity contribution in [1.82, 2.24) is 4.98 Å². The molecule has 0 aliphatic heterocycles. The molecule has 1 nitrogen and oxygen atoms in total. The number of hydrogen-bond acceptors (Lipinski definition) is 1. The van der Waals surface area contributed by atoms with E-state index in [1.165, 1.54) is 22.6 Å². The molecule has 12 heavy (non-hydrogen) atoms. The zero-order chi connectivity index (χ0) is 9.30. The van der Waals surface area contributed by atoms with Crippen LogP contribution in [0.2, 0.25) is 5.02 Å². The number of alkyl halides is 2. The lowest BCUT2D eigenvalue weighted by molar-refractivity contribution is 0.144. The Kier molecular flexibility index (Phi) is 3.16. The molecule has 6 heteroatoms. The maximum atomic E-state index is 12.8. The highest BCUT2D eigenvalue weighted by Gasteiger charge is 2.18. The predicted octanol–water partition coefficient (Wildman–Crippen LogP) is 3.42. The Balaban J connectivity index is 3.27. The standard InChI is InChI=1S/C6H2ClF3IN/c7-2-1-12-5(6(9)10)4(11)3(2)8/h1,6H. The number of nitrogens with zero attached hydrogens (tertiary/aromatic N) is 1. The third-order valence-electron chi connectivity index (χ3n) is 1.15. The minimum Gasteiger partial charge on any atom is -0.252 e. The van der Waals surface area contributed by atoms with E-state index in [2.05, 4.69) is 4.98 Å². The molecule has 1 heterocycles. The topological polar surface area (TPSA) is 12.9 Å². The molecule has 0 aliphatic carbocycles. The monoisotopic (exact) mass is 307 g/mol. The van der Waals surface area contributed by atoms with E-state index >= 15 is 0 Å². The quantitative estimate of drug-likeness (QED) is 0.725. The first kappa shape index (κ1) is 10.0. The Morgan fingerprint density at radius 1 is 1.50 bits per heavy atom. The van der Waals surface area contributed by atoms with Crippen molar-refractivity contribution >= 4 is 34.2 Å². The zero-order valence-electron chi connectivity index (χ0n) is 5.49. The van der Waals surface area contributed by atoms with Crippen molar-refractivity contribution < 1.29 is 13.2 Å². The van der Waals surface area contributed by atoms with Crippen molar-refractivity contribution in [3.05, 3.63) is 26.3 Å². The van der Waals surface area contributed by atoms with Gasteiger partial charge in [-0.05, 0) is 22.6 Å². The number of hydrogen-bond donors (Lipinski definition) is 0. The second kappa shape index (κ2) is 3.78. The van der Waals surface area contributed by atoms with E-state index in [0.29, 0.717) is 0 Å². The summed E-state index contributed by atoms with van der Waals surface area (Å²) < 4.78 is 36.7. The molecule has 1 rings (SSSR count). The van der Waals surface area contributed by atoms with Gasteiger partial charge in [-0.15, -0.1) is 0 Å². The van der Waals surface area contributed by atoms with Crippen molar-refractivity contribution in [3.63, 3.8) is 0 Å². The first-order valence-corrected chi connectivity index (χ1v) is 4.27. The van der Waals surface area contributed by atoms with Crippen LogP contribution in [-0.2, 0) is 0 Å². The average molecular weight is 307 g/mol. The van der Waals surface area contributed by atoms with E-state index in [-0.39, 0.29) is 8.59 Å². The highest BCUT2D eigenvalue weighted by atomic mass is 127. The molecule has 0 unspecified atom stereocenters. The van der Waals surface area contributed by atoms with Gasteiger partial charge in [0.1, 0.15) is 5.69 Å². The normalized spacial score (nSPS) is 10.8. The molecule has 0 spiro atoms. The molecule has 1 aromatic rings. The summed E-state index contributed by atoms with van der Waals surface area (Å²) in [5.74, 6) is -0.845. The van der Waals surface area contributed by atoms with Crippen LogP contribution in [0.1, 0.15) is 12.1 Å². The molecular formula is C6H2ClF3IN. The SMILES string of the molecule is Fc1c(Cl)cnc(C(F)F)c1I. The molecule has 0 fully saturated rings. The smallest absolute Gasteiger partial charge is 0.252 e. The van der Waals surface area contributed by atoms with Crippen LogP contribution in [0.3, 0.4) is 0 Å². The minimum absolute atomic E-state index is 0.227. The van der Waals surface area contributed by atoms with Gasteiger partial charge in [0.25, 0.3) is 6.43 Å². The summed E-state index contributed by atoms with van der Waals surface area (Å²) in [6, 6.07) is 0. The Bertz CT molecular complexity index is 305.